The first-order chi connectivity index (χ1) is 8.21. The zero-order valence-electron chi connectivity index (χ0n) is 10.5. The molecule has 94 valence electrons. The van der Waals surface area contributed by atoms with Crippen LogP contribution in [0.25, 0.3) is 0 Å². The third-order valence-electron chi connectivity index (χ3n) is 3.63. The van der Waals surface area contributed by atoms with E-state index in [1.807, 2.05) is 18.7 Å². The van der Waals surface area contributed by atoms with Gasteiger partial charge in [-0.05, 0) is 26.0 Å². The second kappa shape index (κ2) is 5.23. The molecule has 0 bridgehead atoms. The maximum atomic E-state index is 5.90. The number of thioether (sulfide) groups is 1. The van der Waals surface area contributed by atoms with E-state index in [1.165, 1.54) is 0 Å². The van der Waals surface area contributed by atoms with Crippen molar-refractivity contribution in [3.05, 3.63) is 18.1 Å². The molecule has 1 aromatic heterocycles. The van der Waals surface area contributed by atoms with Gasteiger partial charge in [0, 0.05) is 36.8 Å². The maximum absolute atomic E-state index is 5.90. The highest BCUT2D eigenvalue weighted by Crippen LogP contribution is 2.34. The van der Waals surface area contributed by atoms with E-state index < -0.39 is 0 Å². The van der Waals surface area contributed by atoms with E-state index in [0.717, 1.165) is 44.0 Å². The summed E-state index contributed by atoms with van der Waals surface area (Å²) in [7, 11) is 0. The number of aryl methyl sites for hydroxylation is 1. The number of piperidine rings is 1. The Hall–Kier alpha value is -0.810. The number of rotatable bonds is 3. The van der Waals surface area contributed by atoms with Gasteiger partial charge in [-0.25, -0.2) is 4.98 Å². The van der Waals surface area contributed by atoms with Gasteiger partial charge in [0.05, 0.1) is 5.69 Å². The third kappa shape index (κ3) is 2.55. The van der Waals surface area contributed by atoms with E-state index in [2.05, 4.69) is 21.1 Å². The van der Waals surface area contributed by atoms with Crippen molar-refractivity contribution in [2.24, 2.45) is 5.73 Å². The predicted molar refractivity (Wildman–Crippen MR) is 73.5 cm³/mol. The van der Waals surface area contributed by atoms with E-state index in [0.29, 0.717) is 0 Å². The van der Waals surface area contributed by atoms with E-state index in [9.17, 15) is 0 Å². The van der Waals surface area contributed by atoms with Gasteiger partial charge in [0.25, 0.3) is 0 Å². The Bertz CT molecular complexity index is 369. The topological polar surface area (TPSA) is 55.0 Å². The molecule has 0 spiro atoms. The Kier molecular flexibility index (Phi) is 3.89. The molecular weight excluding hydrogens is 232 g/mol. The lowest BCUT2D eigenvalue weighted by Gasteiger charge is -2.40. The highest BCUT2D eigenvalue weighted by atomic mass is 32.2. The van der Waals surface area contributed by atoms with Crippen molar-refractivity contribution in [2.75, 3.05) is 30.8 Å². The van der Waals surface area contributed by atoms with Crippen molar-refractivity contribution in [2.45, 2.75) is 24.5 Å². The molecule has 4 nitrogen and oxygen atoms in total. The Labute approximate surface area is 107 Å². The summed E-state index contributed by atoms with van der Waals surface area (Å²) in [5, 5.41) is 0. The van der Waals surface area contributed by atoms with Gasteiger partial charge in [0.15, 0.2) is 0 Å². The van der Waals surface area contributed by atoms with Gasteiger partial charge in [0.1, 0.15) is 5.82 Å². The van der Waals surface area contributed by atoms with Crippen molar-refractivity contribution in [1.29, 1.82) is 0 Å². The minimum atomic E-state index is 0.270. The summed E-state index contributed by atoms with van der Waals surface area (Å²) in [5.41, 5.74) is 6.91. The lowest BCUT2D eigenvalue weighted by Crippen LogP contribution is -2.47. The zero-order valence-corrected chi connectivity index (χ0v) is 11.3. The first-order valence-corrected chi connectivity index (χ1v) is 7.21. The number of aromatic nitrogens is 2. The molecule has 1 aliphatic heterocycles. The number of hydrogen-bond acceptors (Lipinski definition) is 5. The molecule has 2 N–H and O–H groups in total. The molecule has 1 fully saturated rings. The first kappa shape index (κ1) is 12.6. The molecule has 0 amide bonds. The summed E-state index contributed by atoms with van der Waals surface area (Å²) in [6.45, 7) is 4.83. The molecule has 1 aliphatic rings. The van der Waals surface area contributed by atoms with Gasteiger partial charge in [0.2, 0.25) is 0 Å². The van der Waals surface area contributed by atoms with Crippen molar-refractivity contribution < 1.29 is 0 Å². The molecule has 17 heavy (non-hydrogen) atoms. The highest BCUT2D eigenvalue weighted by molar-refractivity contribution is 8.00. The SMILES string of the molecule is CSC1(CN)CCN(c2nccnc2C)CC1. The van der Waals surface area contributed by atoms with Crippen molar-refractivity contribution in [3.8, 4) is 0 Å². The summed E-state index contributed by atoms with van der Waals surface area (Å²) >= 11 is 1.91. The fraction of sp³-hybridized carbons (Fsp3) is 0.667. The van der Waals surface area contributed by atoms with E-state index in [1.54, 1.807) is 12.4 Å². The Morgan fingerprint density at radius 3 is 2.53 bits per heavy atom. The van der Waals surface area contributed by atoms with Gasteiger partial charge in [-0.1, -0.05) is 0 Å². The summed E-state index contributed by atoms with van der Waals surface area (Å²) in [4.78, 5) is 11.0. The van der Waals surface area contributed by atoms with E-state index in [4.69, 9.17) is 5.73 Å². The third-order valence-corrected chi connectivity index (χ3v) is 5.08. The number of anilines is 1. The second-order valence-electron chi connectivity index (χ2n) is 4.54. The standard InChI is InChI=1S/C12H20N4S/c1-10-11(15-6-5-14-10)16-7-3-12(9-13,17-2)4-8-16/h5-6H,3-4,7-9,13H2,1-2H3. The number of nitrogens with two attached hydrogens (primary N) is 1. The molecule has 0 radical (unpaired) electrons. The monoisotopic (exact) mass is 252 g/mol. The van der Waals surface area contributed by atoms with Crippen LogP contribution in [0.1, 0.15) is 18.5 Å². The number of hydrogen-bond donors (Lipinski definition) is 1. The van der Waals surface area contributed by atoms with Crippen molar-refractivity contribution >= 4 is 17.6 Å². The van der Waals surface area contributed by atoms with E-state index >= 15 is 0 Å². The average molecular weight is 252 g/mol. The highest BCUT2D eigenvalue weighted by Gasteiger charge is 2.33. The quantitative estimate of drug-likeness (QED) is 0.882. The Morgan fingerprint density at radius 1 is 1.35 bits per heavy atom. The normalized spacial score (nSPS) is 19.4. The summed E-state index contributed by atoms with van der Waals surface area (Å²) in [6, 6.07) is 0. The van der Waals surface area contributed by atoms with Gasteiger partial charge in [-0.3, -0.25) is 4.98 Å². The molecule has 5 heteroatoms. The van der Waals surface area contributed by atoms with Crippen LogP contribution in [-0.4, -0.2) is 40.6 Å². The zero-order chi connectivity index (χ0) is 12.3. The molecule has 2 rings (SSSR count). The fourth-order valence-corrected chi connectivity index (χ4v) is 3.09. The summed E-state index contributed by atoms with van der Waals surface area (Å²) < 4.78 is 0.270. The minimum absolute atomic E-state index is 0.270. The maximum Gasteiger partial charge on any atom is 0.150 e. The molecular formula is C12H20N4S. The van der Waals surface area contributed by atoms with Gasteiger partial charge < -0.3 is 10.6 Å². The second-order valence-corrected chi connectivity index (χ2v) is 5.82. The smallest absolute Gasteiger partial charge is 0.150 e. The fourth-order valence-electron chi connectivity index (χ4n) is 2.33. The minimum Gasteiger partial charge on any atom is -0.355 e. The number of nitrogens with zero attached hydrogens (tertiary/aromatic N) is 3. The molecule has 2 heterocycles. The molecule has 0 unspecified atom stereocenters. The lowest BCUT2D eigenvalue weighted by atomic mass is 9.95. The van der Waals surface area contributed by atoms with Gasteiger partial charge in [-0.2, -0.15) is 11.8 Å². The predicted octanol–water partition coefficient (Wildman–Crippen LogP) is 1.45. The van der Waals surface area contributed by atoms with Crippen LogP contribution in [0.2, 0.25) is 0 Å². The molecule has 0 saturated carbocycles. The van der Waals surface area contributed by atoms with Crippen molar-refractivity contribution in [3.63, 3.8) is 0 Å². The van der Waals surface area contributed by atoms with Crippen LogP contribution in [0.4, 0.5) is 5.82 Å². The largest absolute Gasteiger partial charge is 0.355 e. The summed E-state index contributed by atoms with van der Waals surface area (Å²) in [5.74, 6) is 1.03. The Balaban J connectivity index is 2.07. The molecule has 1 saturated heterocycles. The van der Waals surface area contributed by atoms with E-state index in [-0.39, 0.29) is 4.75 Å². The van der Waals surface area contributed by atoms with Crippen LogP contribution < -0.4 is 10.6 Å². The van der Waals surface area contributed by atoms with Gasteiger partial charge in [-0.15, -0.1) is 0 Å². The van der Waals surface area contributed by atoms with Crippen LogP contribution in [0.5, 0.6) is 0 Å². The van der Waals surface area contributed by atoms with Crippen molar-refractivity contribution in [1.82, 2.24) is 9.97 Å². The average Bonchev–Trinajstić information content (AvgIpc) is 2.40. The van der Waals surface area contributed by atoms with Crippen LogP contribution in [0, 0.1) is 6.92 Å². The van der Waals surface area contributed by atoms with Crippen LogP contribution in [-0.2, 0) is 0 Å². The molecule has 0 atom stereocenters. The van der Waals surface area contributed by atoms with Crippen LogP contribution in [0.3, 0.4) is 0 Å². The first-order valence-electron chi connectivity index (χ1n) is 5.98. The molecule has 0 aromatic carbocycles. The van der Waals surface area contributed by atoms with Crippen LogP contribution in [0.15, 0.2) is 12.4 Å². The lowest BCUT2D eigenvalue weighted by molar-refractivity contribution is 0.454. The molecule has 1 aromatic rings. The molecule has 0 aliphatic carbocycles. The van der Waals surface area contributed by atoms with Crippen LogP contribution >= 0.6 is 11.8 Å². The Morgan fingerprint density at radius 2 is 2.00 bits per heavy atom. The van der Waals surface area contributed by atoms with Gasteiger partial charge >= 0.3 is 0 Å². The summed E-state index contributed by atoms with van der Waals surface area (Å²) in [6.07, 6.45) is 7.92.